The quantitative estimate of drug-likeness (QED) is 0.893. The van der Waals surface area contributed by atoms with Crippen LogP contribution in [0.15, 0.2) is 22.7 Å². The Bertz CT molecular complexity index is 770. The second kappa shape index (κ2) is 6.63. The highest BCUT2D eigenvalue weighted by molar-refractivity contribution is 5.80. The molecule has 1 saturated heterocycles. The number of hydrogen-bond donors (Lipinski definition) is 2. The summed E-state index contributed by atoms with van der Waals surface area (Å²) in [5.74, 6) is -0.375. The van der Waals surface area contributed by atoms with Crippen LogP contribution < -0.4 is 10.6 Å². The van der Waals surface area contributed by atoms with Gasteiger partial charge >= 0.3 is 6.03 Å². The van der Waals surface area contributed by atoms with Crippen LogP contribution in [0.2, 0.25) is 0 Å². The largest absolute Gasteiger partial charge is 0.373 e. The number of nitrogens with zero attached hydrogens (tertiary/aromatic N) is 1. The molecule has 1 spiro atoms. The average Bonchev–Trinajstić information content (AvgIpc) is 3.18. The number of aromatic nitrogens is 1. The molecule has 1 aromatic carbocycles. The fraction of sp³-hybridized carbons (Fsp3) is 0.556. The third-order valence-electron chi connectivity index (χ3n) is 5.36. The number of halogens is 1. The van der Waals surface area contributed by atoms with Gasteiger partial charge in [0.15, 0.2) is 5.58 Å². The Hall–Kier alpha value is -2.15. The zero-order valence-corrected chi connectivity index (χ0v) is 14.0. The number of fused-ring (bicyclic) bond motifs is 1. The van der Waals surface area contributed by atoms with Gasteiger partial charge in [0.1, 0.15) is 11.5 Å². The Morgan fingerprint density at radius 3 is 3.00 bits per heavy atom. The molecule has 2 amide bonds. The highest BCUT2D eigenvalue weighted by atomic mass is 19.1. The molecule has 1 aromatic heterocycles. The van der Waals surface area contributed by atoms with Crippen molar-refractivity contribution in [2.75, 3.05) is 6.61 Å². The van der Waals surface area contributed by atoms with E-state index in [2.05, 4.69) is 15.8 Å². The summed E-state index contributed by atoms with van der Waals surface area (Å²) in [6.07, 6.45) is 6.42. The summed E-state index contributed by atoms with van der Waals surface area (Å²) < 4.78 is 24.3. The van der Waals surface area contributed by atoms with Gasteiger partial charge in [0, 0.05) is 18.1 Å². The van der Waals surface area contributed by atoms with Gasteiger partial charge in [0.25, 0.3) is 0 Å². The molecule has 0 radical (unpaired) electrons. The minimum Gasteiger partial charge on any atom is -0.373 e. The van der Waals surface area contributed by atoms with Crippen molar-refractivity contribution in [1.82, 2.24) is 15.8 Å². The van der Waals surface area contributed by atoms with Crippen LogP contribution in [0.25, 0.3) is 11.0 Å². The minimum atomic E-state index is -0.375. The maximum absolute atomic E-state index is 13.2. The summed E-state index contributed by atoms with van der Waals surface area (Å²) in [7, 11) is 0. The third-order valence-corrected chi connectivity index (χ3v) is 5.36. The fourth-order valence-electron chi connectivity index (χ4n) is 4.05. The Labute approximate surface area is 145 Å². The number of rotatable bonds is 3. The fourth-order valence-corrected chi connectivity index (χ4v) is 4.05. The van der Waals surface area contributed by atoms with E-state index in [4.69, 9.17) is 9.26 Å². The second-order valence-electron chi connectivity index (χ2n) is 6.91. The monoisotopic (exact) mass is 347 g/mol. The van der Waals surface area contributed by atoms with Crippen molar-refractivity contribution in [2.24, 2.45) is 0 Å². The molecule has 1 aliphatic carbocycles. The topological polar surface area (TPSA) is 76.4 Å². The molecule has 25 heavy (non-hydrogen) atoms. The van der Waals surface area contributed by atoms with E-state index >= 15 is 0 Å². The molecule has 6 nitrogen and oxygen atoms in total. The normalized spacial score (nSPS) is 22.4. The van der Waals surface area contributed by atoms with Crippen molar-refractivity contribution in [3.05, 3.63) is 29.7 Å². The van der Waals surface area contributed by atoms with E-state index in [1.165, 1.54) is 18.6 Å². The van der Waals surface area contributed by atoms with Gasteiger partial charge in [-0.25, -0.2) is 9.18 Å². The van der Waals surface area contributed by atoms with E-state index in [0.29, 0.717) is 23.3 Å². The van der Waals surface area contributed by atoms with Crippen molar-refractivity contribution in [2.45, 2.75) is 56.7 Å². The van der Waals surface area contributed by atoms with E-state index in [0.717, 1.165) is 32.1 Å². The van der Waals surface area contributed by atoms with E-state index in [1.54, 1.807) is 6.07 Å². The predicted octanol–water partition coefficient (Wildman–Crippen LogP) is 3.26. The SMILES string of the molecule is O=C(NCc1noc2cc(F)ccc12)NC1CCOC12CCCCC2. The maximum atomic E-state index is 13.2. The Morgan fingerprint density at radius 1 is 1.32 bits per heavy atom. The van der Waals surface area contributed by atoms with Crippen LogP contribution in [-0.2, 0) is 11.3 Å². The number of nitrogens with one attached hydrogen (secondary N) is 2. The van der Waals surface area contributed by atoms with Crippen molar-refractivity contribution in [3.8, 4) is 0 Å². The van der Waals surface area contributed by atoms with Gasteiger partial charge in [-0.15, -0.1) is 0 Å². The highest BCUT2D eigenvalue weighted by Gasteiger charge is 2.45. The third kappa shape index (κ3) is 3.20. The molecule has 1 unspecified atom stereocenters. The predicted molar refractivity (Wildman–Crippen MR) is 89.5 cm³/mol. The van der Waals surface area contributed by atoms with Gasteiger partial charge in [0.05, 0.1) is 18.2 Å². The van der Waals surface area contributed by atoms with Crippen LogP contribution in [0.3, 0.4) is 0 Å². The van der Waals surface area contributed by atoms with E-state index < -0.39 is 0 Å². The Kier molecular flexibility index (Phi) is 4.33. The van der Waals surface area contributed by atoms with E-state index in [-0.39, 0.29) is 30.0 Å². The number of benzene rings is 1. The minimum absolute atomic E-state index is 0.0518. The van der Waals surface area contributed by atoms with Crippen molar-refractivity contribution in [1.29, 1.82) is 0 Å². The van der Waals surface area contributed by atoms with Crippen molar-refractivity contribution < 1.29 is 18.4 Å². The summed E-state index contributed by atoms with van der Waals surface area (Å²) in [5.41, 5.74) is 0.774. The molecular formula is C18H22FN3O3. The first-order chi connectivity index (χ1) is 12.2. The number of urea groups is 1. The summed E-state index contributed by atoms with van der Waals surface area (Å²) >= 11 is 0. The zero-order valence-electron chi connectivity index (χ0n) is 14.0. The average molecular weight is 347 g/mol. The summed E-state index contributed by atoms with van der Waals surface area (Å²) in [5, 5.41) is 10.5. The summed E-state index contributed by atoms with van der Waals surface area (Å²) in [4.78, 5) is 12.3. The maximum Gasteiger partial charge on any atom is 0.315 e. The van der Waals surface area contributed by atoms with Gasteiger partial charge < -0.3 is 19.9 Å². The van der Waals surface area contributed by atoms with Crippen LogP contribution in [0.1, 0.15) is 44.2 Å². The van der Waals surface area contributed by atoms with Crippen LogP contribution in [0.5, 0.6) is 0 Å². The van der Waals surface area contributed by atoms with Crippen molar-refractivity contribution >= 4 is 17.0 Å². The molecule has 1 aliphatic heterocycles. The standard InChI is InChI=1S/C18H22FN3O3/c19-12-4-5-13-14(22-25-15(13)10-12)11-20-17(23)21-16-6-9-24-18(16)7-2-1-3-8-18/h4-5,10,16H,1-3,6-9,11H2,(H2,20,21,23). The first kappa shape index (κ1) is 16.3. The Balaban J connectivity index is 1.37. The zero-order chi connectivity index (χ0) is 17.3. The number of hydrogen-bond acceptors (Lipinski definition) is 4. The van der Waals surface area contributed by atoms with Gasteiger partial charge in [0.2, 0.25) is 0 Å². The van der Waals surface area contributed by atoms with Gasteiger partial charge in [-0.3, -0.25) is 0 Å². The smallest absolute Gasteiger partial charge is 0.315 e. The summed E-state index contributed by atoms with van der Waals surface area (Å²) in [6.45, 7) is 0.926. The van der Waals surface area contributed by atoms with Gasteiger partial charge in [-0.2, -0.15) is 0 Å². The molecule has 2 N–H and O–H groups in total. The van der Waals surface area contributed by atoms with E-state index in [1.807, 2.05) is 0 Å². The lowest BCUT2D eigenvalue weighted by Crippen LogP contribution is -2.53. The number of ether oxygens (including phenoxy) is 1. The molecule has 1 atom stereocenters. The van der Waals surface area contributed by atoms with Crippen LogP contribution in [0, 0.1) is 5.82 Å². The van der Waals surface area contributed by atoms with Gasteiger partial charge in [-0.1, -0.05) is 24.4 Å². The molecular weight excluding hydrogens is 325 g/mol. The molecule has 2 fully saturated rings. The van der Waals surface area contributed by atoms with Crippen LogP contribution in [0.4, 0.5) is 9.18 Å². The molecule has 2 heterocycles. The number of amides is 2. The lowest BCUT2D eigenvalue weighted by Gasteiger charge is -2.37. The molecule has 4 rings (SSSR count). The molecule has 0 bridgehead atoms. The number of carbonyl (C=O) groups excluding carboxylic acids is 1. The van der Waals surface area contributed by atoms with Crippen molar-refractivity contribution in [3.63, 3.8) is 0 Å². The number of carbonyl (C=O) groups is 1. The van der Waals surface area contributed by atoms with Gasteiger partial charge in [-0.05, 0) is 31.4 Å². The molecule has 2 aliphatic rings. The molecule has 7 heteroatoms. The highest BCUT2D eigenvalue weighted by Crippen LogP contribution is 2.39. The first-order valence-corrected chi connectivity index (χ1v) is 8.88. The lowest BCUT2D eigenvalue weighted by atomic mass is 9.80. The summed E-state index contributed by atoms with van der Waals surface area (Å²) in [6, 6.07) is 4.06. The molecule has 134 valence electrons. The molecule has 2 aromatic rings. The molecule has 1 saturated carbocycles. The van der Waals surface area contributed by atoms with Crippen LogP contribution >= 0.6 is 0 Å². The Morgan fingerprint density at radius 2 is 2.16 bits per heavy atom. The lowest BCUT2D eigenvalue weighted by molar-refractivity contribution is -0.0367. The first-order valence-electron chi connectivity index (χ1n) is 8.88. The second-order valence-corrected chi connectivity index (χ2v) is 6.91. The van der Waals surface area contributed by atoms with E-state index in [9.17, 15) is 9.18 Å². The van der Waals surface area contributed by atoms with Crippen LogP contribution in [-0.4, -0.2) is 29.4 Å².